The first kappa shape index (κ1) is 21.7. The predicted octanol–water partition coefficient (Wildman–Crippen LogP) is 3.50. The lowest BCUT2D eigenvalue weighted by Crippen LogP contribution is -2.36. The monoisotopic (exact) mass is 397 g/mol. The average Bonchev–Trinajstić information content (AvgIpc) is 3.11. The van der Waals surface area contributed by atoms with Crippen LogP contribution in [0.3, 0.4) is 0 Å². The van der Waals surface area contributed by atoms with Crippen molar-refractivity contribution in [3.63, 3.8) is 0 Å². The van der Waals surface area contributed by atoms with Crippen LogP contribution in [0, 0.1) is 0 Å². The zero-order valence-corrected chi connectivity index (χ0v) is 17.2. The fourth-order valence-electron chi connectivity index (χ4n) is 3.20. The van der Waals surface area contributed by atoms with Gasteiger partial charge in [-0.3, -0.25) is 4.79 Å². The van der Waals surface area contributed by atoms with Crippen LogP contribution in [0.2, 0.25) is 0 Å². The smallest absolute Gasteiger partial charge is 0.306 e. The lowest BCUT2D eigenvalue weighted by Gasteiger charge is -2.26. The molecule has 6 nitrogen and oxygen atoms in total. The van der Waals surface area contributed by atoms with E-state index in [-0.39, 0.29) is 17.8 Å². The highest BCUT2D eigenvalue weighted by Gasteiger charge is 2.22. The Morgan fingerprint density at radius 1 is 1.22 bits per heavy atom. The second-order valence-corrected chi connectivity index (χ2v) is 8.73. The number of nitrogens with zero attached hydrogens (tertiary/aromatic N) is 1. The minimum atomic E-state index is -3.54. The molecule has 2 rings (SSSR count). The largest absolute Gasteiger partial charge is 0.383 e. The van der Waals surface area contributed by atoms with Gasteiger partial charge in [0.2, 0.25) is 5.91 Å². The van der Waals surface area contributed by atoms with Crippen molar-refractivity contribution < 1.29 is 22.1 Å². The van der Waals surface area contributed by atoms with Crippen LogP contribution in [-0.4, -0.2) is 44.7 Å². The van der Waals surface area contributed by atoms with E-state index in [1.54, 1.807) is 24.3 Å². The number of carbonyl (C=O) groups excluding carboxylic acids is 1. The van der Waals surface area contributed by atoms with Crippen molar-refractivity contribution in [2.24, 2.45) is 0 Å². The van der Waals surface area contributed by atoms with Crippen molar-refractivity contribution in [3.05, 3.63) is 29.8 Å². The Morgan fingerprint density at radius 2 is 1.96 bits per heavy atom. The van der Waals surface area contributed by atoms with Crippen molar-refractivity contribution in [1.82, 2.24) is 4.90 Å². The Hall–Kier alpha value is -1.60. The standard InChI is InChI=1S/C20H31NO5S/c1-3-4-5-6-9-20(22)21(16-19-8-7-14-25-19)15-17-10-12-18(13-11-17)26-27(2,23)24/h10-13,19H,3-9,14-16H2,1-2H3/t19-/m0/s1. The van der Waals surface area contributed by atoms with Crippen LogP contribution in [0.1, 0.15) is 57.4 Å². The predicted molar refractivity (Wildman–Crippen MR) is 105 cm³/mol. The maximum atomic E-state index is 12.7. The number of carbonyl (C=O) groups is 1. The van der Waals surface area contributed by atoms with Crippen LogP contribution in [0.5, 0.6) is 5.75 Å². The minimum absolute atomic E-state index is 0.109. The molecule has 0 aliphatic carbocycles. The molecule has 1 aliphatic heterocycles. The second kappa shape index (κ2) is 10.7. The van der Waals surface area contributed by atoms with E-state index in [0.717, 1.165) is 57.0 Å². The van der Waals surface area contributed by atoms with Gasteiger partial charge in [0.1, 0.15) is 5.75 Å². The van der Waals surface area contributed by atoms with Gasteiger partial charge < -0.3 is 13.8 Å². The zero-order valence-electron chi connectivity index (χ0n) is 16.4. The maximum absolute atomic E-state index is 12.7. The molecule has 27 heavy (non-hydrogen) atoms. The Balaban J connectivity index is 1.98. The molecule has 0 spiro atoms. The zero-order chi connectivity index (χ0) is 19.7. The third kappa shape index (κ3) is 8.30. The Kier molecular flexibility index (Phi) is 8.57. The third-order valence-electron chi connectivity index (χ3n) is 4.59. The number of ether oxygens (including phenoxy) is 1. The Labute approximate surface area is 163 Å². The number of rotatable bonds is 11. The third-order valence-corrected chi connectivity index (χ3v) is 5.08. The summed E-state index contributed by atoms with van der Waals surface area (Å²) in [5.74, 6) is 0.427. The summed E-state index contributed by atoms with van der Waals surface area (Å²) < 4.78 is 33.0. The van der Waals surface area contributed by atoms with Gasteiger partial charge in [-0.1, -0.05) is 38.3 Å². The van der Waals surface area contributed by atoms with Gasteiger partial charge in [-0.15, -0.1) is 0 Å². The van der Waals surface area contributed by atoms with Crippen molar-refractivity contribution in [3.8, 4) is 5.75 Å². The van der Waals surface area contributed by atoms with E-state index >= 15 is 0 Å². The van der Waals surface area contributed by atoms with Gasteiger partial charge in [0.05, 0.1) is 12.4 Å². The number of benzene rings is 1. The van der Waals surface area contributed by atoms with Crippen LogP contribution in [0.4, 0.5) is 0 Å². The van der Waals surface area contributed by atoms with Crippen molar-refractivity contribution in [2.45, 2.75) is 64.5 Å². The summed E-state index contributed by atoms with van der Waals surface area (Å²) in [5, 5.41) is 0. The van der Waals surface area contributed by atoms with Gasteiger partial charge >= 0.3 is 10.1 Å². The molecule has 0 radical (unpaired) electrons. The molecule has 1 heterocycles. The van der Waals surface area contributed by atoms with E-state index in [2.05, 4.69) is 6.92 Å². The van der Waals surface area contributed by atoms with Crippen LogP contribution in [0.15, 0.2) is 24.3 Å². The molecule has 1 aliphatic rings. The van der Waals surface area contributed by atoms with E-state index < -0.39 is 10.1 Å². The van der Waals surface area contributed by atoms with Gasteiger partial charge in [0.15, 0.2) is 0 Å². The molecule has 152 valence electrons. The van der Waals surface area contributed by atoms with Crippen LogP contribution < -0.4 is 4.18 Å². The Morgan fingerprint density at radius 3 is 2.56 bits per heavy atom. The molecule has 0 unspecified atom stereocenters. The van der Waals surface area contributed by atoms with Crippen molar-refractivity contribution in [2.75, 3.05) is 19.4 Å². The number of hydrogen-bond acceptors (Lipinski definition) is 5. The van der Waals surface area contributed by atoms with Crippen LogP contribution in [0.25, 0.3) is 0 Å². The van der Waals surface area contributed by atoms with Crippen molar-refractivity contribution >= 4 is 16.0 Å². The van der Waals surface area contributed by atoms with Gasteiger partial charge in [0, 0.05) is 26.1 Å². The molecule has 1 atom stereocenters. The van der Waals surface area contributed by atoms with E-state index in [1.807, 2.05) is 4.90 Å². The lowest BCUT2D eigenvalue weighted by atomic mass is 10.1. The fraction of sp³-hybridized carbons (Fsp3) is 0.650. The molecular weight excluding hydrogens is 366 g/mol. The molecule has 7 heteroatoms. The number of unbranched alkanes of at least 4 members (excludes halogenated alkanes) is 3. The molecule has 1 amide bonds. The van der Waals surface area contributed by atoms with Crippen LogP contribution >= 0.6 is 0 Å². The molecule has 0 N–H and O–H groups in total. The number of hydrogen-bond donors (Lipinski definition) is 0. The SMILES string of the molecule is CCCCCCC(=O)N(Cc1ccc(OS(C)(=O)=O)cc1)C[C@@H]1CCCO1. The maximum Gasteiger partial charge on any atom is 0.306 e. The van der Waals surface area contributed by atoms with E-state index in [9.17, 15) is 13.2 Å². The normalized spacial score (nSPS) is 17.0. The molecular formula is C20H31NO5S. The average molecular weight is 398 g/mol. The van der Waals surface area contributed by atoms with E-state index in [1.165, 1.54) is 0 Å². The summed E-state index contributed by atoms with van der Waals surface area (Å²) in [6.07, 6.45) is 8.00. The Bertz CT molecular complexity index is 681. The summed E-state index contributed by atoms with van der Waals surface area (Å²) in [7, 11) is -3.54. The van der Waals surface area contributed by atoms with Gasteiger partial charge in [-0.2, -0.15) is 8.42 Å². The summed E-state index contributed by atoms with van der Waals surface area (Å²) in [4.78, 5) is 14.6. The molecule has 1 saturated heterocycles. The lowest BCUT2D eigenvalue weighted by molar-refractivity contribution is -0.133. The molecule has 0 aromatic heterocycles. The molecule has 1 aromatic rings. The first-order chi connectivity index (χ1) is 12.9. The fourth-order valence-corrected chi connectivity index (χ4v) is 3.66. The van der Waals surface area contributed by atoms with Crippen molar-refractivity contribution in [1.29, 1.82) is 0 Å². The highest BCUT2D eigenvalue weighted by molar-refractivity contribution is 7.86. The van der Waals surface area contributed by atoms with E-state index in [4.69, 9.17) is 8.92 Å². The minimum Gasteiger partial charge on any atom is -0.383 e. The van der Waals surface area contributed by atoms with Crippen LogP contribution in [-0.2, 0) is 26.2 Å². The van der Waals surface area contributed by atoms with Gasteiger partial charge in [0.25, 0.3) is 0 Å². The topological polar surface area (TPSA) is 72.9 Å². The summed E-state index contributed by atoms with van der Waals surface area (Å²) in [6, 6.07) is 6.83. The molecule has 1 aromatic carbocycles. The number of amides is 1. The molecule has 1 fully saturated rings. The quantitative estimate of drug-likeness (QED) is 0.422. The summed E-state index contributed by atoms with van der Waals surface area (Å²) in [6.45, 7) is 4.02. The van der Waals surface area contributed by atoms with Gasteiger partial charge in [-0.05, 0) is 37.0 Å². The second-order valence-electron chi connectivity index (χ2n) is 7.15. The van der Waals surface area contributed by atoms with E-state index in [0.29, 0.717) is 19.5 Å². The first-order valence-corrected chi connectivity index (χ1v) is 11.6. The highest BCUT2D eigenvalue weighted by atomic mass is 32.2. The molecule has 0 bridgehead atoms. The van der Waals surface area contributed by atoms with Gasteiger partial charge in [-0.25, -0.2) is 0 Å². The summed E-state index contributed by atoms with van der Waals surface area (Å²) in [5.41, 5.74) is 0.941. The molecule has 0 saturated carbocycles. The highest BCUT2D eigenvalue weighted by Crippen LogP contribution is 2.19. The summed E-state index contributed by atoms with van der Waals surface area (Å²) >= 11 is 0. The first-order valence-electron chi connectivity index (χ1n) is 9.75.